The van der Waals surface area contributed by atoms with E-state index in [1.165, 1.54) is 21.1 Å². The number of hydrogen-bond donors (Lipinski definition) is 1. The molecule has 0 heterocycles. The van der Waals surface area contributed by atoms with E-state index in [0.29, 0.717) is 6.42 Å². The summed E-state index contributed by atoms with van der Waals surface area (Å²) in [4.78, 5) is 34.6. The predicted octanol–water partition coefficient (Wildman–Crippen LogP) is 1.86. The molecule has 0 bridgehead atoms. The summed E-state index contributed by atoms with van der Waals surface area (Å²) >= 11 is 0. The smallest absolute Gasteiger partial charge is 0.311 e. The van der Waals surface area contributed by atoms with Gasteiger partial charge in [0, 0.05) is 32.7 Å². The van der Waals surface area contributed by atoms with E-state index in [1.54, 1.807) is 6.92 Å². The Labute approximate surface area is 150 Å². The van der Waals surface area contributed by atoms with Crippen LogP contribution in [0.4, 0.5) is 0 Å². The molecule has 0 aromatic rings. The molecule has 1 N–H and O–H groups in total. The number of carboxylic acids is 1. The molecule has 0 amide bonds. The molecule has 0 saturated carbocycles. The van der Waals surface area contributed by atoms with Crippen molar-refractivity contribution in [2.75, 3.05) is 14.2 Å². The van der Waals surface area contributed by atoms with Gasteiger partial charge in [-0.15, -0.1) is 0 Å². The second kappa shape index (κ2) is 10.3. The van der Waals surface area contributed by atoms with Gasteiger partial charge in [-0.2, -0.15) is 0 Å². The molecular weight excluding hydrogens is 353 g/mol. The molecule has 0 aliphatic heterocycles. The summed E-state index contributed by atoms with van der Waals surface area (Å²) in [6, 6.07) is 0. The van der Waals surface area contributed by atoms with Crippen molar-refractivity contribution in [2.24, 2.45) is 17.3 Å². The summed E-state index contributed by atoms with van der Waals surface area (Å²) in [6.45, 7) is 5.06. The topological polar surface area (TPSA) is 89.9 Å². The number of carbonyl (C=O) groups excluding carboxylic acids is 2. The van der Waals surface area contributed by atoms with Crippen LogP contribution < -0.4 is 0 Å². The van der Waals surface area contributed by atoms with Gasteiger partial charge >= 0.3 is 17.9 Å². The van der Waals surface area contributed by atoms with Gasteiger partial charge in [0.25, 0.3) is 0 Å². The Morgan fingerprint density at radius 2 is 1.71 bits per heavy atom. The summed E-state index contributed by atoms with van der Waals surface area (Å²) in [7, 11) is 2.55. The zero-order chi connectivity index (χ0) is 15.9. The fraction of sp³-hybridized carbons (Fsp3) is 0.786. The van der Waals surface area contributed by atoms with Crippen molar-refractivity contribution in [3.63, 3.8) is 0 Å². The normalized spacial score (nSPS) is 15.9. The average molecular weight is 377 g/mol. The van der Waals surface area contributed by atoms with Crippen molar-refractivity contribution >= 4 is 17.9 Å². The van der Waals surface area contributed by atoms with E-state index in [0.717, 1.165) is 0 Å². The van der Waals surface area contributed by atoms with Crippen molar-refractivity contribution in [1.82, 2.24) is 0 Å². The van der Waals surface area contributed by atoms with E-state index < -0.39 is 35.2 Å². The zero-order valence-corrected chi connectivity index (χ0v) is 16.2. The zero-order valence-electron chi connectivity index (χ0n) is 13.3. The molecule has 3 unspecified atom stereocenters. The van der Waals surface area contributed by atoms with Crippen LogP contribution in [0.2, 0.25) is 0 Å². The van der Waals surface area contributed by atoms with Crippen molar-refractivity contribution in [3.05, 3.63) is 0 Å². The van der Waals surface area contributed by atoms with Crippen LogP contribution in [0.15, 0.2) is 0 Å². The number of carbonyl (C=O) groups is 3. The fourth-order valence-corrected chi connectivity index (χ4v) is 2.12. The van der Waals surface area contributed by atoms with Gasteiger partial charge in [-0.25, -0.2) is 0 Å². The Hall–Kier alpha value is -0.486. The number of esters is 2. The molecule has 7 heteroatoms. The van der Waals surface area contributed by atoms with Gasteiger partial charge < -0.3 is 14.6 Å². The summed E-state index contributed by atoms with van der Waals surface area (Å²) < 4.78 is 9.48. The maximum absolute atomic E-state index is 11.8. The largest absolute Gasteiger partial charge is 0.481 e. The van der Waals surface area contributed by atoms with Gasteiger partial charge in [-0.05, 0) is 26.2 Å². The molecule has 1 radical (unpaired) electrons. The standard InChI is InChI=1S/C14H24O6.Y/c1-6-14(3,13(18)20-5)8-10(12(17)19-4)7-9(2)11(15)16;/h9-10H,6-8H2,1-5H3,(H,15,16);. The molecule has 0 aromatic heterocycles. The first-order chi connectivity index (χ1) is 9.21. The van der Waals surface area contributed by atoms with Crippen LogP contribution in [-0.4, -0.2) is 37.2 Å². The molecule has 3 atom stereocenters. The summed E-state index contributed by atoms with van der Waals surface area (Å²) in [6.07, 6.45) is 0.837. The second-order valence-corrected chi connectivity index (χ2v) is 5.30. The Morgan fingerprint density at radius 1 is 1.19 bits per heavy atom. The number of rotatable bonds is 8. The van der Waals surface area contributed by atoms with Crippen LogP contribution in [-0.2, 0) is 56.6 Å². The third-order valence-corrected chi connectivity index (χ3v) is 3.75. The molecule has 0 fully saturated rings. The Morgan fingerprint density at radius 3 is 2.05 bits per heavy atom. The minimum Gasteiger partial charge on any atom is -0.481 e. The molecular formula is C14H24O6Y. The summed E-state index contributed by atoms with van der Waals surface area (Å²) in [5.41, 5.74) is -0.828. The van der Waals surface area contributed by atoms with Crippen LogP contribution in [0, 0.1) is 17.3 Å². The average Bonchev–Trinajstić information content (AvgIpc) is 2.44. The van der Waals surface area contributed by atoms with Gasteiger partial charge in [0.1, 0.15) is 0 Å². The number of hydrogen-bond acceptors (Lipinski definition) is 5. The summed E-state index contributed by atoms with van der Waals surface area (Å²) in [5.74, 6) is -3.21. The van der Waals surface area contributed by atoms with Crippen LogP contribution >= 0.6 is 0 Å². The van der Waals surface area contributed by atoms with Crippen molar-refractivity contribution in [2.45, 2.75) is 40.0 Å². The van der Waals surface area contributed by atoms with Crippen LogP contribution in [0.25, 0.3) is 0 Å². The van der Waals surface area contributed by atoms with Gasteiger partial charge in [0.15, 0.2) is 0 Å². The molecule has 119 valence electrons. The van der Waals surface area contributed by atoms with Crippen LogP contribution in [0.3, 0.4) is 0 Å². The number of aliphatic carboxylic acids is 1. The van der Waals surface area contributed by atoms with Gasteiger partial charge in [0.2, 0.25) is 0 Å². The first-order valence-corrected chi connectivity index (χ1v) is 6.60. The molecule has 0 spiro atoms. The molecule has 0 aliphatic carbocycles. The van der Waals surface area contributed by atoms with Gasteiger partial charge in [0.05, 0.1) is 31.5 Å². The van der Waals surface area contributed by atoms with Crippen LogP contribution in [0.5, 0.6) is 0 Å². The first kappa shape index (κ1) is 22.8. The Kier molecular flexibility index (Phi) is 11.2. The van der Waals surface area contributed by atoms with E-state index in [2.05, 4.69) is 0 Å². The number of methoxy groups -OCH3 is 2. The molecule has 21 heavy (non-hydrogen) atoms. The first-order valence-electron chi connectivity index (χ1n) is 6.60. The minimum absolute atomic E-state index is 0. The molecule has 0 rings (SSSR count). The van der Waals surface area contributed by atoms with Gasteiger partial charge in [-0.1, -0.05) is 13.8 Å². The number of ether oxygens (including phenoxy) is 2. The third-order valence-electron chi connectivity index (χ3n) is 3.75. The van der Waals surface area contributed by atoms with E-state index in [1.807, 2.05) is 6.92 Å². The Bertz CT molecular complexity index is 370. The van der Waals surface area contributed by atoms with Crippen molar-refractivity contribution in [3.8, 4) is 0 Å². The SMILES string of the molecule is CCC(C)(CC(CC(C)C(=O)O)C(=O)OC)C(=O)OC.[Y]. The molecule has 0 saturated heterocycles. The molecule has 0 aliphatic rings. The summed E-state index contributed by atoms with van der Waals surface area (Å²) in [5, 5.41) is 8.95. The Balaban J connectivity index is 0. The maximum atomic E-state index is 11.8. The maximum Gasteiger partial charge on any atom is 0.311 e. The van der Waals surface area contributed by atoms with E-state index in [9.17, 15) is 14.4 Å². The predicted molar refractivity (Wildman–Crippen MR) is 72.0 cm³/mol. The van der Waals surface area contributed by atoms with Gasteiger partial charge in [-0.3, -0.25) is 14.4 Å². The quantitative estimate of drug-likeness (QED) is 0.650. The second-order valence-electron chi connectivity index (χ2n) is 5.30. The van der Waals surface area contributed by atoms with E-state index >= 15 is 0 Å². The van der Waals surface area contributed by atoms with Crippen LogP contribution in [0.1, 0.15) is 40.0 Å². The fourth-order valence-electron chi connectivity index (χ4n) is 2.12. The third kappa shape index (κ3) is 6.87. The monoisotopic (exact) mass is 377 g/mol. The van der Waals surface area contributed by atoms with E-state index in [-0.39, 0.29) is 45.6 Å². The molecule has 6 nitrogen and oxygen atoms in total. The number of carboxylic acid groups (broad SMARTS) is 1. The molecule has 0 aromatic carbocycles. The van der Waals surface area contributed by atoms with Crippen molar-refractivity contribution in [1.29, 1.82) is 0 Å². The minimum atomic E-state index is -0.977. The van der Waals surface area contributed by atoms with E-state index in [4.69, 9.17) is 14.6 Å². The van der Waals surface area contributed by atoms with Crippen molar-refractivity contribution < 1.29 is 61.7 Å².